The van der Waals surface area contributed by atoms with Crippen LogP contribution < -0.4 is 5.32 Å². The Hall–Kier alpha value is -0.120. The fourth-order valence-electron chi connectivity index (χ4n) is 1.65. The minimum atomic E-state index is 0.223. The Balaban J connectivity index is 2.12. The van der Waals surface area contributed by atoms with Crippen LogP contribution in [0.15, 0.2) is 0 Å². The molecule has 84 valence electrons. The molecule has 0 saturated carbocycles. The third-order valence-electron chi connectivity index (χ3n) is 2.46. The second-order valence-electron chi connectivity index (χ2n) is 5.22. The van der Waals surface area contributed by atoms with E-state index in [0.717, 1.165) is 32.7 Å². The van der Waals surface area contributed by atoms with Crippen molar-refractivity contribution in [2.24, 2.45) is 0 Å². The third-order valence-corrected chi connectivity index (χ3v) is 2.46. The SMILES string of the molecule is CN1CCO[C@@H](CCNC(C)(C)C)C1. The summed E-state index contributed by atoms with van der Waals surface area (Å²) in [6, 6.07) is 0. The van der Waals surface area contributed by atoms with E-state index in [0.29, 0.717) is 6.10 Å². The van der Waals surface area contributed by atoms with Crippen LogP contribution in [0.4, 0.5) is 0 Å². The number of hydrogen-bond donors (Lipinski definition) is 1. The van der Waals surface area contributed by atoms with E-state index in [2.05, 4.69) is 38.0 Å². The quantitative estimate of drug-likeness (QED) is 0.738. The molecule has 0 aromatic carbocycles. The Morgan fingerprint density at radius 1 is 1.43 bits per heavy atom. The van der Waals surface area contributed by atoms with Gasteiger partial charge in [-0.05, 0) is 40.8 Å². The molecule has 0 aliphatic carbocycles. The normalized spacial score (nSPS) is 25.3. The molecule has 1 aliphatic heterocycles. The molecule has 1 fully saturated rings. The standard InChI is InChI=1S/C11H24N2O/c1-11(2,3)12-6-5-10-9-13(4)7-8-14-10/h10,12H,5-9H2,1-4H3/t10-/m0/s1. The highest BCUT2D eigenvalue weighted by Crippen LogP contribution is 2.07. The van der Waals surface area contributed by atoms with Crippen LogP contribution in [-0.2, 0) is 4.74 Å². The van der Waals surface area contributed by atoms with Crippen LogP contribution in [0.1, 0.15) is 27.2 Å². The topological polar surface area (TPSA) is 24.5 Å². The summed E-state index contributed by atoms with van der Waals surface area (Å²) in [5, 5.41) is 3.49. The molecule has 0 amide bonds. The summed E-state index contributed by atoms with van der Waals surface area (Å²) in [4.78, 5) is 2.34. The summed E-state index contributed by atoms with van der Waals surface area (Å²) in [5.41, 5.74) is 0.223. The molecule has 1 aliphatic rings. The van der Waals surface area contributed by atoms with Crippen molar-refractivity contribution in [3.63, 3.8) is 0 Å². The van der Waals surface area contributed by atoms with Gasteiger partial charge in [0.05, 0.1) is 12.7 Å². The fraction of sp³-hybridized carbons (Fsp3) is 1.00. The van der Waals surface area contributed by atoms with E-state index in [-0.39, 0.29) is 5.54 Å². The Kier molecular flexibility index (Phi) is 4.35. The lowest BCUT2D eigenvalue weighted by Gasteiger charge is -2.31. The van der Waals surface area contributed by atoms with Gasteiger partial charge in [-0.25, -0.2) is 0 Å². The monoisotopic (exact) mass is 200 g/mol. The Morgan fingerprint density at radius 2 is 2.14 bits per heavy atom. The molecule has 0 spiro atoms. The maximum absolute atomic E-state index is 5.68. The zero-order valence-corrected chi connectivity index (χ0v) is 9.97. The maximum atomic E-state index is 5.68. The second-order valence-corrected chi connectivity index (χ2v) is 5.22. The molecular formula is C11H24N2O. The van der Waals surface area contributed by atoms with E-state index in [1.807, 2.05) is 0 Å². The first kappa shape index (κ1) is 12.0. The van der Waals surface area contributed by atoms with E-state index in [1.54, 1.807) is 0 Å². The molecule has 1 rings (SSSR count). The average molecular weight is 200 g/mol. The van der Waals surface area contributed by atoms with Crippen molar-refractivity contribution in [1.29, 1.82) is 0 Å². The van der Waals surface area contributed by atoms with Crippen molar-refractivity contribution < 1.29 is 4.74 Å². The molecule has 3 heteroatoms. The zero-order valence-electron chi connectivity index (χ0n) is 9.97. The first-order chi connectivity index (χ1) is 6.47. The Bertz CT molecular complexity index is 165. The smallest absolute Gasteiger partial charge is 0.0714 e. The van der Waals surface area contributed by atoms with Crippen molar-refractivity contribution in [3.8, 4) is 0 Å². The van der Waals surface area contributed by atoms with Crippen LogP contribution in [0.25, 0.3) is 0 Å². The van der Waals surface area contributed by atoms with Gasteiger partial charge >= 0.3 is 0 Å². The molecule has 0 aromatic heterocycles. The number of nitrogens with zero attached hydrogens (tertiary/aromatic N) is 1. The number of morpholine rings is 1. The van der Waals surface area contributed by atoms with Crippen molar-refractivity contribution in [2.75, 3.05) is 33.3 Å². The molecule has 3 nitrogen and oxygen atoms in total. The van der Waals surface area contributed by atoms with Gasteiger partial charge in [-0.3, -0.25) is 0 Å². The van der Waals surface area contributed by atoms with Gasteiger partial charge in [0.1, 0.15) is 0 Å². The average Bonchev–Trinajstić information content (AvgIpc) is 2.01. The van der Waals surface area contributed by atoms with Crippen molar-refractivity contribution >= 4 is 0 Å². The number of likely N-dealkylation sites (N-methyl/N-ethyl adjacent to an activating group) is 1. The lowest BCUT2D eigenvalue weighted by atomic mass is 10.1. The number of hydrogen-bond acceptors (Lipinski definition) is 3. The highest BCUT2D eigenvalue weighted by Gasteiger charge is 2.18. The Labute approximate surface area is 87.8 Å². The van der Waals surface area contributed by atoms with Gasteiger partial charge in [-0.2, -0.15) is 0 Å². The maximum Gasteiger partial charge on any atom is 0.0714 e. The van der Waals surface area contributed by atoms with Crippen LogP contribution in [-0.4, -0.2) is 49.8 Å². The first-order valence-corrected chi connectivity index (χ1v) is 5.52. The summed E-state index contributed by atoms with van der Waals surface area (Å²) in [5.74, 6) is 0. The summed E-state index contributed by atoms with van der Waals surface area (Å²) >= 11 is 0. The largest absolute Gasteiger partial charge is 0.376 e. The van der Waals surface area contributed by atoms with Crippen molar-refractivity contribution in [1.82, 2.24) is 10.2 Å². The molecular weight excluding hydrogens is 176 g/mol. The zero-order chi connectivity index (χ0) is 10.6. The van der Waals surface area contributed by atoms with Crippen molar-refractivity contribution in [3.05, 3.63) is 0 Å². The molecule has 0 unspecified atom stereocenters. The van der Waals surface area contributed by atoms with Gasteiger partial charge in [-0.1, -0.05) is 0 Å². The minimum absolute atomic E-state index is 0.223. The van der Waals surface area contributed by atoms with Crippen LogP contribution >= 0.6 is 0 Å². The number of rotatable bonds is 3. The lowest BCUT2D eigenvalue weighted by molar-refractivity contribution is -0.0233. The molecule has 1 saturated heterocycles. The highest BCUT2D eigenvalue weighted by molar-refractivity contribution is 4.74. The van der Waals surface area contributed by atoms with Gasteiger partial charge < -0.3 is 15.0 Å². The summed E-state index contributed by atoms with van der Waals surface area (Å²) in [7, 11) is 2.16. The molecule has 0 bridgehead atoms. The lowest BCUT2D eigenvalue weighted by Crippen LogP contribution is -2.43. The highest BCUT2D eigenvalue weighted by atomic mass is 16.5. The van der Waals surface area contributed by atoms with Crippen molar-refractivity contribution in [2.45, 2.75) is 38.8 Å². The Morgan fingerprint density at radius 3 is 2.71 bits per heavy atom. The summed E-state index contributed by atoms with van der Waals surface area (Å²) in [6.45, 7) is 10.7. The molecule has 14 heavy (non-hydrogen) atoms. The third kappa shape index (κ3) is 4.94. The number of nitrogens with one attached hydrogen (secondary N) is 1. The van der Waals surface area contributed by atoms with Gasteiger partial charge in [-0.15, -0.1) is 0 Å². The van der Waals surface area contributed by atoms with Gasteiger partial charge in [0.25, 0.3) is 0 Å². The van der Waals surface area contributed by atoms with Crippen LogP contribution in [0.5, 0.6) is 0 Å². The summed E-state index contributed by atoms with van der Waals surface area (Å²) < 4.78 is 5.68. The molecule has 1 atom stereocenters. The van der Waals surface area contributed by atoms with Crippen LogP contribution in [0.3, 0.4) is 0 Å². The van der Waals surface area contributed by atoms with E-state index in [1.165, 1.54) is 0 Å². The molecule has 1 heterocycles. The predicted molar refractivity (Wildman–Crippen MR) is 59.6 cm³/mol. The fourth-order valence-corrected chi connectivity index (χ4v) is 1.65. The van der Waals surface area contributed by atoms with E-state index >= 15 is 0 Å². The number of ether oxygens (including phenoxy) is 1. The molecule has 0 radical (unpaired) electrons. The summed E-state index contributed by atoms with van der Waals surface area (Å²) in [6.07, 6.45) is 1.53. The molecule has 1 N–H and O–H groups in total. The van der Waals surface area contributed by atoms with Crippen LogP contribution in [0, 0.1) is 0 Å². The van der Waals surface area contributed by atoms with E-state index in [4.69, 9.17) is 4.74 Å². The van der Waals surface area contributed by atoms with Gasteiger partial charge in [0.2, 0.25) is 0 Å². The van der Waals surface area contributed by atoms with Gasteiger partial charge in [0.15, 0.2) is 0 Å². The minimum Gasteiger partial charge on any atom is -0.376 e. The van der Waals surface area contributed by atoms with E-state index in [9.17, 15) is 0 Å². The first-order valence-electron chi connectivity index (χ1n) is 5.52. The van der Waals surface area contributed by atoms with Crippen LogP contribution in [0.2, 0.25) is 0 Å². The molecule has 0 aromatic rings. The van der Waals surface area contributed by atoms with E-state index < -0.39 is 0 Å². The predicted octanol–water partition coefficient (Wildman–Crippen LogP) is 1.10. The van der Waals surface area contributed by atoms with Gasteiger partial charge in [0, 0.05) is 18.6 Å². The second kappa shape index (κ2) is 5.10.